The predicted molar refractivity (Wildman–Crippen MR) is 144 cm³/mol. The van der Waals surface area contributed by atoms with Crippen LogP contribution in [-0.2, 0) is 4.79 Å². The molecular formula is C28H30N4O4. The molecule has 0 aliphatic carbocycles. The fourth-order valence-corrected chi connectivity index (χ4v) is 3.93. The normalized spacial score (nSPS) is 10.7. The Bertz CT molecular complexity index is 1330. The Hall–Kier alpha value is -4.46. The molecule has 2 amide bonds. The van der Waals surface area contributed by atoms with E-state index in [2.05, 4.69) is 30.1 Å². The number of nitrogens with two attached hydrogens (primary N) is 1. The average molecular weight is 487 g/mol. The number of nitrogens with zero attached hydrogens (tertiary/aromatic N) is 2. The first-order valence-electron chi connectivity index (χ1n) is 11.9. The summed E-state index contributed by atoms with van der Waals surface area (Å²) >= 11 is 0. The van der Waals surface area contributed by atoms with Gasteiger partial charge in [-0.05, 0) is 68.4 Å². The number of benzene rings is 3. The van der Waals surface area contributed by atoms with E-state index in [-0.39, 0.29) is 12.5 Å². The third kappa shape index (κ3) is 5.60. The lowest BCUT2D eigenvalue weighted by atomic mass is 10.2. The van der Waals surface area contributed by atoms with Gasteiger partial charge in [-0.25, -0.2) is 0 Å². The highest BCUT2D eigenvalue weighted by molar-refractivity contribution is 6.05. The second-order valence-electron chi connectivity index (χ2n) is 8.19. The maximum atomic E-state index is 12.5. The van der Waals surface area contributed by atoms with E-state index in [1.54, 1.807) is 48.5 Å². The Kier molecular flexibility index (Phi) is 7.75. The second kappa shape index (κ2) is 11.3. The van der Waals surface area contributed by atoms with Gasteiger partial charge in [0, 0.05) is 35.8 Å². The first-order valence-corrected chi connectivity index (χ1v) is 11.9. The second-order valence-corrected chi connectivity index (χ2v) is 8.19. The molecule has 186 valence electrons. The molecule has 3 N–H and O–H groups in total. The number of para-hydroxylation sites is 2. The summed E-state index contributed by atoms with van der Waals surface area (Å²) in [6.45, 7) is 6.63. The highest BCUT2D eigenvalue weighted by atomic mass is 16.5. The van der Waals surface area contributed by atoms with Gasteiger partial charge in [-0.3, -0.25) is 14.5 Å². The zero-order valence-corrected chi connectivity index (χ0v) is 20.4. The number of ether oxygens (including phenoxy) is 1. The number of furan rings is 1. The van der Waals surface area contributed by atoms with Crippen LogP contribution in [0.15, 0.2) is 77.2 Å². The summed E-state index contributed by atoms with van der Waals surface area (Å²) in [5, 5.41) is 3.73. The summed E-state index contributed by atoms with van der Waals surface area (Å²) in [6.07, 6.45) is 0.731. The van der Waals surface area contributed by atoms with Crippen LogP contribution in [0.2, 0.25) is 0 Å². The number of carbonyl (C=O) groups excluding carboxylic acids is 2. The van der Waals surface area contributed by atoms with Crippen LogP contribution in [-0.4, -0.2) is 38.6 Å². The van der Waals surface area contributed by atoms with Crippen LogP contribution < -0.4 is 25.6 Å². The maximum Gasteiger partial charge on any atom is 0.255 e. The number of rotatable bonds is 11. The van der Waals surface area contributed by atoms with E-state index in [9.17, 15) is 9.59 Å². The quantitative estimate of drug-likeness (QED) is 0.224. The van der Waals surface area contributed by atoms with Gasteiger partial charge in [-0.1, -0.05) is 12.1 Å². The minimum Gasteiger partial charge on any atom is -0.492 e. The number of fused-ring (bicyclic) bond motifs is 1. The van der Waals surface area contributed by atoms with Crippen molar-refractivity contribution in [3.63, 3.8) is 0 Å². The zero-order chi connectivity index (χ0) is 25.5. The fourth-order valence-electron chi connectivity index (χ4n) is 3.93. The van der Waals surface area contributed by atoms with Crippen molar-refractivity contribution >= 4 is 46.2 Å². The molecule has 1 aromatic heterocycles. The number of carbonyl (C=O) groups is 2. The van der Waals surface area contributed by atoms with Crippen molar-refractivity contribution in [1.82, 2.24) is 0 Å². The molecule has 0 spiro atoms. The summed E-state index contributed by atoms with van der Waals surface area (Å²) in [6, 6.07) is 21.7. The Morgan fingerprint density at radius 2 is 1.78 bits per heavy atom. The van der Waals surface area contributed by atoms with Gasteiger partial charge in [0.1, 0.15) is 17.9 Å². The Labute approximate surface area is 210 Å². The van der Waals surface area contributed by atoms with Crippen LogP contribution in [0.1, 0.15) is 24.2 Å². The molecule has 1 heterocycles. The predicted octanol–water partition coefficient (Wildman–Crippen LogP) is 5.16. The summed E-state index contributed by atoms with van der Waals surface area (Å²) in [5.74, 6) is 0.790. The maximum absolute atomic E-state index is 12.5. The van der Waals surface area contributed by atoms with Crippen LogP contribution in [0.25, 0.3) is 11.0 Å². The molecule has 0 aliphatic heterocycles. The van der Waals surface area contributed by atoms with Crippen molar-refractivity contribution in [3.05, 3.63) is 78.4 Å². The minimum absolute atomic E-state index is 0.257. The first-order chi connectivity index (χ1) is 17.5. The highest BCUT2D eigenvalue weighted by Gasteiger charge is 2.14. The van der Waals surface area contributed by atoms with Gasteiger partial charge in [0.2, 0.25) is 12.3 Å². The molecule has 0 atom stereocenters. The molecule has 0 saturated carbocycles. The lowest BCUT2D eigenvalue weighted by molar-refractivity contribution is -0.107. The molecule has 0 unspecified atom stereocenters. The van der Waals surface area contributed by atoms with Crippen LogP contribution in [0.5, 0.6) is 5.75 Å². The number of nitrogens with one attached hydrogen (secondary N) is 1. The zero-order valence-electron chi connectivity index (χ0n) is 20.4. The van der Waals surface area contributed by atoms with Crippen molar-refractivity contribution in [1.29, 1.82) is 0 Å². The van der Waals surface area contributed by atoms with E-state index < -0.39 is 0 Å². The molecule has 3 aromatic carbocycles. The van der Waals surface area contributed by atoms with Crippen molar-refractivity contribution in [2.45, 2.75) is 13.8 Å². The lowest BCUT2D eigenvalue weighted by Crippen LogP contribution is -2.26. The summed E-state index contributed by atoms with van der Waals surface area (Å²) in [4.78, 5) is 27.9. The number of hydrogen-bond donors (Lipinski definition) is 2. The van der Waals surface area contributed by atoms with E-state index in [4.69, 9.17) is 14.9 Å². The van der Waals surface area contributed by atoms with Gasteiger partial charge >= 0.3 is 0 Å². The SMILES string of the molecule is CCN(CC)c1ccc2oc(N(C=O)CCOc3ccc(C(=O)Nc4ccccc4N)cc3)cc2c1. The van der Waals surface area contributed by atoms with E-state index in [0.717, 1.165) is 36.2 Å². The Balaban J connectivity index is 1.34. The first kappa shape index (κ1) is 24.7. The van der Waals surface area contributed by atoms with Crippen LogP contribution in [0.4, 0.5) is 22.9 Å². The standard InChI is InChI=1S/C28H30N4O4/c1-3-31(4-2)22-11-14-26-21(17-22)18-27(36-26)32(19-33)15-16-35-23-12-9-20(10-13-23)28(34)30-25-8-6-5-7-24(25)29/h5-14,17-19H,3-4,15-16,29H2,1-2H3,(H,30,34). The van der Waals surface area contributed by atoms with E-state index in [1.165, 1.54) is 4.90 Å². The van der Waals surface area contributed by atoms with Gasteiger partial charge in [-0.15, -0.1) is 0 Å². The minimum atomic E-state index is -0.263. The molecule has 8 heteroatoms. The Morgan fingerprint density at radius 3 is 2.47 bits per heavy atom. The van der Waals surface area contributed by atoms with E-state index in [0.29, 0.717) is 35.1 Å². The van der Waals surface area contributed by atoms with Crippen molar-refractivity contribution in [2.24, 2.45) is 0 Å². The third-order valence-corrected chi connectivity index (χ3v) is 5.95. The van der Waals surface area contributed by atoms with Crippen LogP contribution in [0.3, 0.4) is 0 Å². The smallest absolute Gasteiger partial charge is 0.255 e. The van der Waals surface area contributed by atoms with Crippen LogP contribution >= 0.6 is 0 Å². The monoisotopic (exact) mass is 486 g/mol. The molecule has 4 aromatic rings. The molecule has 0 radical (unpaired) electrons. The van der Waals surface area contributed by atoms with E-state index >= 15 is 0 Å². The van der Waals surface area contributed by atoms with Gasteiger partial charge in [0.15, 0.2) is 0 Å². The molecular weight excluding hydrogens is 456 g/mol. The number of nitrogen functional groups attached to an aromatic ring is 1. The third-order valence-electron chi connectivity index (χ3n) is 5.95. The molecule has 0 bridgehead atoms. The Morgan fingerprint density at radius 1 is 1.03 bits per heavy atom. The van der Waals surface area contributed by atoms with E-state index in [1.807, 2.05) is 18.2 Å². The molecule has 4 rings (SSSR count). The molecule has 0 aliphatic rings. The number of anilines is 4. The summed E-state index contributed by atoms with van der Waals surface area (Å²) in [5.41, 5.74) is 9.26. The lowest BCUT2D eigenvalue weighted by Gasteiger charge is -2.20. The van der Waals surface area contributed by atoms with Crippen molar-refractivity contribution in [3.8, 4) is 5.75 Å². The highest BCUT2D eigenvalue weighted by Crippen LogP contribution is 2.29. The fraction of sp³-hybridized carbons (Fsp3) is 0.214. The molecule has 0 saturated heterocycles. The molecule has 8 nitrogen and oxygen atoms in total. The van der Waals surface area contributed by atoms with Gasteiger partial charge in [0.25, 0.3) is 5.91 Å². The van der Waals surface area contributed by atoms with Crippen molar-refractivity contribution < 1.29 is 18.7 Å². The van der Waals surface area contributed by atoms with Crippen molar-refractivity contribution in [2.75, 3.05) is 47.1 Å². The number of amides is 2. The van der Waals surface area contributed by atoms with Gasteiger partial charge in [0.05, 0.1) is 17.9 Å². The topological polar surface area (TPSA) is 101 Å². The largest absolute Gasteiger partial charge is 0.492 e. The van der Waals surface area contributed by atoms with Gasteiger partial charge < -0.3 is 25.1 Å². The van der Waals surface area contributed by atoms with Gasteiger partial charge in [-0.2, -0.15) is 0 Å². The molecule has 36 heavy (non-hydrogen) atoms. The molecule has 0 fully saturated rings. The van der Waals surface area contributed by atoms with Crippen LogP contribution in [0, 0.1) is 0 Å². The average Bonchev–Trinajstić information content (AvgIpc) is 3.32. The number of hydrogen-bond acceptors (Lipinski definition) is 6. The summed E-state index contributed by atoms with van der Waals surface area (Å²) in [7, 11) is 0. The summed E-state index contributed by atoms with van der Waals surface area (Å²) < 4.78 is 11.7.